The molecule has 2 heterocycles. The second-order valence-corrected chi connectivity index (χ2v) is 8.29. The fourth-order valence-corrected chi connectivity index (χ4v) is 3.90. The van der Waals surface area contributed by atoms with Crippen molar-refractivity contribution in [3.8, 4) is 22.8 Å². The van der Waals surface area contributed by atoms with Crippen molar-refractivity contribution in [2.75, 3.05) is 19.5 Å². The van der Waals surface area contributed by atoms with E-state index in [0.29, 0.717) is 16.9 Å². The van der Waals surface area contributed by atoms with Gasteiger partial charge in [-0.25, -0.2) is 23.3 Å². The molecule has 4 aromatic rings. The van der Waals surface area contributed by atoms with Crippen LogP contribution in [-0.4, -0.2) is 39.2 Å². The lowest BCUT2D eigenvalue weighted by atomic mass is 10.0. The Morgan fingerprint density at radius 2 is 1.97 bits per heavy atom. The molecule has 36 heavy (non-hydrogen) atoms. The van der Waals surface area contributed by atoms with E-state index < -0.39 is 17.5 Å². The molecule has 0 saturated heterocycles. The fourth-order valence-electron chi connectivity index (χ4n) is 3.90. The molecule has 1 amide bonds. The van der Waals surface area contributed by atoms with Crippen molar-refractivity contribution in [1.82, 2.24) is 24.9 Å². The van der Waals surface area contributed by atoms with Crippen LogP contribution in [0.5, 0.6) is 11.5 Å². The summed E-state index contributed by atoms with van der Waals surface area (Å²) >= 11 is 0. The minimum Gasteiger partial charge on any atom is -0.496 e. The Hall–Kier alpha value is -4.28. The Labute approximate surface area is 206 Å². The normalized spacial score (nSPS) is 11.2. The Morgan fingerprint density at radius 1 is 1.19 bits per heavy atom. The third-order valence-electron chi connectivity index (χ3n) is 5.51. The van der Waals surface area contributed by atoms with Gasteiger partial charge in [0.15, 0.2) is 5.82 Å². The van der Waals surface area contributed by atoms with E-state index in [4.69, 9.17) is 15.2 Å². The number of amides is 1. The van der Waals surface area contributed by atoms with Gasteiger partial charge in [0.05, 0.1) is 24.8 Å². The molecular formula is C25H26F2N6O3. The molecule has 0 fully saturated rings. The number of fused-ring (bicyclic) bond motifs is 1. The summed E-state index contributed by atoms with van der Waals surface area (Å²) in [6.45, 7) is 5.88. The van der Waals surface area contributed by atoms with E-state index in [2.05, 4.69) is 20.4 Å². The molecule has 4 rings (SSSR count). The first-order valence-electron chi connectivity index (χ1n) is 11.3. The number of rotatable bonds is 8. The number of anilines is 1. The average Bonchev–Trinajstić information content (AvgIpc) is 3.23. The molecule has 188 valence electrons. The maximum Gasteiger partial charge on any atom is 0.255 e. The van der Waals surface area contributed by atoms with Crippen LogP contribution in [0.1, 0.15) is 48.4 Å². The van der Waals surface area contributed by atoms with Crippen LogP contribution in [0.25, 0.3) is 16.8 Å². The molecule has 2 aromatic carbocycles. The Morgan fingerprint density at radius 3 is 2.67 bits per heavy atom. The van der Waals surface area contributed by atoms with Crippen molar-refractivity contribution >= 4 is 17.2 Å². The van der Waals surface area contributed by atoms with Gasteiger partial charge in [0.2, 0.25) is 0 Å². The summed E-state index contributed by atoms with van der Waals surface area (Å²) in [5, 5.41) is 6.91. The first-order valence-corrected chi connectivity index (χ1v) is 11.3. The number of halogens is 2. The van der Waals surface area contributed by atoms with Crippen molar-refractivity contribution in [1.29, 1.82) is 0 Å². The zero-order valence-corrected chi connectivity index (χ0v) is 20.3. The summed E-state index contributed by atoms with van der Waals surface area (Å²) in [4.78, 5) is 21.3. The minimum atomic E-state index is -0.618. The number of nitrogens with one attached hydrogen (secondary N) is 1. The summed E-state index contributed by atoms with van der Waals surface area (Å²) < 4.78 is 41.7. The summed E-state index contributed by atoms with van der Waals surface area (Å²) in [5.74, 6) is -0.591. The lowest BCUT2D eigenvalue weighted by Gasteiger charge is -2.14. The first-order chi connectivity index (χ1) is 17.2. The molecule has 0 aliphatic heterocycles. The van der Waals surface area contributed by atoms with Crippen LogP contribution in [0.15, 0.2) is 36.7 Å². The number of nitrogens with zero attached hydrogens (tertiary/aromatic N) is 4. The van der Waals surface area contributed by atoms with Crippen LogP contribution in [0.4, 0.5) is 14.6 Å². The van der Waals surface area contributed by atoms with Crippen LogP contribution >= 0.6 is 0 Å². The van der Waals surface area contributed by atoms with Gasteiger partial charge in [-0.05, 0) is 42.8 Å². The van der Waals surface area contributed by atoms with Gasteiger partial charge in [0.25, 0.3) is 5.91 Å². The van der Waals surface area contributed by atoms with Crippen molar-refractivity contribution < 1.29 is 23.0 Å². The number of aromatic nitrogens is 4. The zero-order valence-electron chi connectivity index (χ0n) is 20.3. The van der Waals surface area contributed by atoms with Gasteiger partial charge in [-0.15, -0.1) is 0 Å². The van der Waals surface area contributed by atoms with Crippen LogP contribution in [0.3, 0.4) is 0 Å². The molecule has 0 radical (unpaired) electrons. The number of methoxy groups -OCH3 is 1. The number of ether oxygens (including phenoxy) is 2. The zero-order chi connectivity index (χ0) is 26.0. The van der Waals surface area contributed by atoms with Crippen LogP contribution in [-0.2, 0) is 6.54 Å². The number of imidazole rings is 1. The van der Waals surface area contributed by atoms with Gasteiger partial charge >= 0.3 is 0 Å². The van der Waals surface area contributed by atoms with Crippen molar-refractivity contribution in [2.45, 2.75) is 33.2 Å². The number of nitrogen functional groups attached to an aromatic ring is 1. The molecule has 0 bridgehead atoms. The lowest BCUT2D eigenvalue weighted by Crippen LogP contribution is -2.23. The second-order valence-electron chi connectivity index (χ2n) is 8.29. The van der Waals surface area contributed by atoms with Gasteiger partial charge in [-0.2, -0.15) is 5.10 Å². The SMILES string of the molecule is CCOc1cc(CNC(=O)c2cc(F)ccc2OC)cc(F)c1-c1nc(C(C)C)n2ncnc(N)c12. The average molecular weight is 497 g/mol. The Balaban J connectivity index is 1.73. The molecule has 0 aliphatic carbocycles. The van der Waals surface area contributed by atoms with E-state index in [1.807, 2.05) is 13.8 Å². The number of carbonyl (C=O) groups excluding carboxylic acids is 1. The third kappa shape index (κ3) is 4.64. The highest BCUT2D eigenvalue weighted by atomic mass is 19.1. The summed E-state index contributed by atoms with van der Waals surface area (Å²) in [7, 11) is 1.38. The highest BCUT2D eigenvalue weighted by Crippen LogP contribution is 2.38. The monoisotopic (exact) mass is 496 g/mol. The molecule has 2 aromatic heterocycles. The predicted molar refractivity (Wildman–Crippen MR) is 130 cm³/mol. The lowest BCUT2D eigenvalue weighted by molar-refractivity contribution is 0.0947. The quantitative estimate of drug-likeness (QED) is 0.377. The van der Waals surface area contributed by atoms with Gasteiger partial charge in [0.1, 0.15) is 46.5 Å². The highest BCUT2D eigenvalue weighted by Gasteiger charge is 2.25. The standard InChI is InChI=1S/C25H26F2N6O3/c1-5-36-19-9-14(11-29-25(34)16-10-15(26)6-7-18(16)35-4)8-17(27)20(19)21-22-23(28)30-12-31-33(22)24(32-21)13(2)3/h6-10,12-13H,5,11H2,1-4H3,(H,29,34)(H2,28,30,31). The summed E-state index contributed by atoms with van der Waals surface area (Å²) in [6.07, 6.45) is 1.32. The number of benzene rings is 2. The molecule has 9 nitrogen and oxygen atoms in total. The largest absolute Gasteiger partial charge is 0.496 e. The molecular weight excluding hydrogens is 470 g/mol. The number of hydrogen-bond acceptors (Lipinski definition) is 7. The predicted octanol–water partition coefficient (Wildman–Crippen LogP) is 4.11. The van der Waals surface area contributed by atoms with Crippen molar-refractivity contribution in [2.24, 2.45) is 0 Å². The van der Waals surface area contributed by atoms with Crippen LogP contribution in [0.2, 0.25) is 0 Å². The van der Waals surface area contributed by atoms with E-state index >= 15 is 4.39 Å². The maximum absolute atomic E-state index is 15.6. The molecule has 0 aliphatic rings. The minimum absolute atomic E-state index is 0.0199. The molecule has 0 unspecified atom stereocenters. The summed E-state index contributed by atoms with van der Waals surface area (Å²) in [5.41, 5.74) is 7.33. The Bertz CT molecular complexity index is 1440. The summed E-state index contributed by atoms with van der Waals surface area (Å²) in [6, 6.07) is 6.53. The van der Waals surface area contributed by atoms with Gasteiger partial charge in [-0.1, -0.05) is 13.8 Å². The molecule has 11 heteroatoms. The number of carbonyl (C=O) groups is 1. The van der Waals surface area contributed by atoms with Crippen LogP contribution < -0.4 is 20.5 Å². The van der Waals surface area contributed by atoms with E-state index in [1.54, 1.807) is 17.5 Å². The van der Waals surface area contributed by atoms with E-state index in [1.165, 1.54) is 31.6 Å². The van der Waals surface area contributed by atoms with Crippen molar-refractivity contribution in [3.63, 3.8) is 0 Å². The van der Waals surface area contributed by atoms with Gasteiger partial charge in [0, 0.05) is 12.5 Å². The molecule has 3 N–H and O–H groups in total. The topological polar surface area (TPSA) is 117 Å². The Kier molecular flexibility index (Phi) is 7.00. The van der Waals surface area contributed by atoms with E-state index in [0.717, 1.165) is 6.07 Å². The molecule has 0 saturated carbocycles. The van der Waals surface area contributed by atoms with E-state index in [9.17, 15) is 9.18 Å². The number of nitrogens with two attached hydrogens (primary N) is 1. The fraction of sp³-hybridized carbons (Fsp3) is 0.280. The smallest absolute Gasteiger partial charge is 0.255 e. The first kappa shape index (κ1) is 24.8. The second kappa shape index (κ2) is 10.1. The highest BCUT2D eigenvalue weighted by molar-refractivity contribution is 5.97. The number of hydrogen-bond donors (Lipinski definition) is 2. The van der Waals surface area contributed by atoms with Gasteiger partial charge < -0.3 is 20.5 Å². The van der Waals surface area contributed by atoms with Gasteiger partial charge in [-0.3, -0.25) is 4.79 Å². The third-order valence-corrected chi connectivity index (χ3v) is 5.51. The molecule has 0 spiro atoms. The maximum atomic E-state index is 15.6. The van der Waals surface area contributed by atoms with Crippen LogP contribution in [0, 0.1) is 11.6 Å². The molecule has 0 atom stereocenters. The van der Waals surface area contributed by atoms with Crippen molar-refractivity contribution in [3.05, 3.63) is 65.2 Å². The van der Waals surface area contributed by atoms with E-state index in [-0.39, 0.29) is 53.2 Å².